The lowest BCUT2D eigenvalue weighted by Crippen LogP contribution is -2.19. The highest BCUT2D eigenvalue weighted by Crippen LogP contribution is 2.22. The number of anilines is 1. The predicted octanol–water partition coefficient (Wildman–Crippen LogP) is 1.39. The molecule has 0 bridgehead atoms. The lowest BCUT2D eigenvalue weighted by molar-refractivity contribution is 0.222. The molecule has 5 heteroatoms. The van der Waals surface area contributed by atoms with Crippen molar-refractivity contribution in [2.24, 2.45) is 0 Å². The Kier molecular flexibility index (Phi) is 5.03. The second kappa shape index (κ2) is 6.30. The predicted molar refractivity (Wildman–Crippen MR) is 68.5 cm³/mol. The summed E-state index contributed by atoms with van der Waals surface area (Å²) in [6.07, 6.45) is 0.0434. The molecule has 0 aliphatic rings. The van der Waals surface area contributed by atoms with Crippen LogP contribution in [0, 0.1) is 0 Å². The third-order valence-corrected chi connectivity index (χ3v) is 2.00. The lowest BCUT2D eigenvalue weighted by Gasteiger charge is -2.13. The average molecular weight is 239 g/mol. The highest BCUT2D eigenvalue weighted by Gasteiger charge is 2.07. The number of ether oxygens (including phenoxy) is 2. The Morgan fingerprint density at radius 2 is 2.06 bits per heavy atom. The fourth-order valence-electron chi connectivity index (χ4n) is 1.17. The van der Waals surface area contributed by atoms with Gasteiger partial charge in [0.05, 0.1) is 11.8 Å². The number of likely N-dealkylation sites (N-methyl/N-ethyl adjacent to an activating group) is 1. The van der Waals surface area contributed by atoms with Gasteiger partial charge in [0.25, 0.3) is 0 Å². The zero-order valence-electron chi connectivity index (χ0n) is 10.9. The molecule has 17 heavy (non-hydrogen) atoms. The van der Waals surface area contributed by atoms with Crippen LogP contribution in [-0.4, -0.2) is 43.2 Å². The molecule has 0 aliphatic heterocycles. The van der Waals surface area contributed by atoms with Gasteiger partial charge in [-0.1, -0.05) is 0 Å². The number of rotatable bonds is 6. The summed E-state index contributed by atoms with van der Waals surface area (Å²) in [6, 6.07) is 3.49. The Hall–Kier alpha value is -1.49. The van der Waals surface area contributed by atoms with E-state index in [1.165, 1.54) is 0 Å². The van der Waals surface area contributed by atoms with Gasteiger partial charge in [-0.15, -0.1) is 0 Å². The summed E-state index contributed by atoms with van der Waals surface area (Å²) in [5.74, 6) is 0.971. The van der Waals surface area contributed by atoms with Gasteiger partial charge in [0.15, 0.2) is 0 Å². The monoisotopic (exact) mass is 239 g/mol. The molecular formula is C12H21N3O2. The van der Waals surface area contributed by atoms with Crippen LogP contribution in [0.1, 0.15) is 13.8 Å². The molecule has 1 aromatic heterocycles. The van der Waals surface area contributed by atoms with Crippen molar-refractivity contribution in [1.29, 1.82) is 0 Å². The van der Waals surface area contributed by atoms with Gasteiger partial charge in [0.2, 0.25) is 11.8 Å². The molecule has 0 aliphatic carbocycles. The molecule has 0 unspecified atom stereocenters. The Morgan fingerprint density at radius 3 is 2.65 bits per heavy atom. The van der Waals surface area contributed by atoms with E-state index in [0.29, 0.717) is 24.1 Å². The molecule has 0 saturated carbocycles. The number of nitrogens with zero attached hydrogens (tertiary/aromatic N) is 2. The fourth-order valence-corrected chi connectivity index (χ4v) is 1.17. The summed E-state index contributed by atoms with van der Waals surface area (Å²) >= 11 is 0. The minimum atomic E-state index is 0.0434. The SMILES string of the molecule is CC(C)Oc1nc(OCCN(C)C)ccc1N. The van der Waals surface area contributed by atoms with Gasteiger partial charge in [0.1, 0.15) is 6.61 Å². The minimum absolute atomic E-state index is 0.0434. The van der Waals surface area contributed by atoms with Crippen molar-refractivity contribution < 1.29 is 9.47 Å². The lowest BCUT2D eigenvalue weighted by atomic mass is 10.4. The number of nitrogen functional groups attached to an aromatic ring is 1. The summed E-state index contributed by atoms with van der Waals surface area (Å²) < 4.78 is 11.0. The van der Waals surface area contributed by atoms with Crippen molar-refractivity contribution in [1.82, 2.24) is 9.88 Å². The maximum absolute atomic E-state index is 5.76. The van der Waals surface area contributed by atoms with Crippen LogP contribution >= 0.6 is 0 Å². The Bertz CT molecular complexity index is 354. The standard InChI is InChI=1S/C12H21N3O2/c1-9(2)17-12-10(13)5-6-11(14-12)16-8-7-15(3)4/h5-6,9H,7-8,13H2,1-4H3. The smallest absolute Gasteiger partial charge is 0.240 e. The zero-order valence-corrected chi connectivity index (χ0v) is 10.9. The van der Waals surface area contributed by atoms with Crippen molar-refractivity contribution in [3.8, 4) is 11.8 Å². The van der Waals surface area contributed by atoms with Gasteiger partial charge in [0, 0.05) is 12.6 Å². The molecule has 1 heterocycles. The number of nitrogens with two attached hydrogens (primary N) is 1. The van der Waals surface area contributed by atoms with Crippen LogP contribution in [0.5, 0.6) is 11.8 Å². The summed E-state index contributed by atoms with van der Waals surface area (Å²) in [4.78, 5) is 6.27. The number of hydrogen-bond acceptors (Lipinski definition) is 5. The third-order valence-electron chi connectivity index (χ3n) is 2.00. The third kappa shape index (κ3) is 4.91. The molecule has 1 aromatic rings. The van der Waals surface area contributed by atoms with Gasteiger partial charge in [-0.3, -0.25) is 0 Å². The van der Waals surface area contributed by atoms with E-state index in [9.17, 15) is 0 Å². The summed E-state index contributed by atoms with van der Waals surface area (Å²) in [7, 11) is 3.99. The highest BCUT2D eigenvalue weighted by molar-refractivity contribution is 5.49. The van der Waals surface area contributed by atoms with E-state index in [-0.39, 0.29) is 6.10 Å². The van der Waals surface area contributed by atoms with Crippen molar-refractivity contribution in [2.75, 3.05) is 33.0 Å². The van der Waals surface area contributed by atoms with Gasteiger partial charge in [-0.05, 0) is 34.0 Å². The minimum Gasteiger partial charge on any atom is -0.476 e. The topological polar surface area (TPSA) is 60.6 Å². The average Bonchev–Trinajstić information content (AvgIpc) is 2.21. The maximum Gasteiger partial charge on any atom is 0.240 e. The van der Waals surface area contributed by atoms with Crippen LogP contribution in [0.3, 0.4) is 0 Å². The molecule has 0 radical (unpaired) electrons. The molecule has 0 aromatic carbocycles. The Balaban J connectivity index is 2.61. The van der Waals surface area contributed by atoms with Crippen molar-refractivity contribution in [2.45, 2.75) is 20.0 Å². The maximum atomic E-state index is 5.76. The van der Waals surface area contributed by atoms with E-state index in [1.54, 1.807) is 12.1 Å². The highest BCUT2D eigenvalue weighted by atomic mass is 16.5. The number of aromatic nitrogens is 1. The first kappa shape index (κ1) is 13.6. The van der Waals surface area contributed by atoms with Gasteiger partial charge < -0.3 is 20.1 Å². The largest absolute Gasteiger partial charge is 0.476 e. The zero-order chi connectivity index (χ0) is 12.8. The first-order valence-corrected chi connectivity index (χ1v) is 5.69. The van der Waals surface area contributed by atoms with Crippen molar-refractivity contribution in [3.63, 3.8) is 0 Å². The quantitative estimate of drug-likeness (QED) is 0.813. The van der Waals surface area contributed by atoms with Crippen molar-refractivity contribution >= 4 is 5.69 Å². The molecule has 0 amide bonds. The molecule has 2 N–H and O–H groups in total. The van der Waals surface area contributed by atoms with Crippen LogP contribution < -0.4 is 15.2 Å². The van der Waals surface area contributed by atoms with Crippen LogP contribution in [0.15, 0.2) is 12.1 Å². The molecule has 1 rings (SSSR count). The molecule has 0 fully saturated rings. The molecule has 5 nitrogen and oxygen atoms in total. The number of hydrogen-bond donors (Lipinski definition) is 1. The van der Waals surface area contributed by atoms with Crippen LogP contribution in [0.25, 0.3) is 0 Å². The normalized spacial score (nSPS) is 10.9. The molecule has 96 valence electrons. The van der Waals surface area contributed by atoms with E-state index in [2.05, 4.69) is 4.98 Å². The molecular weight excluding hydrogens is 218 g/mol. The van der Waals surface area contributed by atoms with E-state index in [0.717, 1.165) is 6.54 Å². The van der Waals surface area contributed by atoms with E-state index in [4.69, 9.17) is 15.2 Å². The fraction of sp³-hybridized carbons (Fsp3) is 0.583. The Labute approximate surface area is 103 Å². The van der Waals surface area contributed by atoms with Gasteiger partial charge >= 0.3 is 0 Å². The summed E-state index contributed by atoms with van der Waals surface area (Å²) in [5, 5.41) is 0. The van der Waals surface area contributed by atoms with Gasteiger partial charge in [-0.2, -0.15) is 4.98 Å². The first-order valence-electron chi connectivity index (χ1n) is 5.69. The van der Waals surface area contributed by atoms with Crippen molar-refractivity contribution in [3.05, 3.63) is 12.1 Å². The van der Waals surface area contributed by atoms with Crippen LogP contribution in [-0.2, 0) is 0 Å². The van der Waals surface area contributed by atoms with E-state index in [1.807, 2.05) is 32.8 Å². The second-order valence-electron chi connectivity index (χ2n) is 4.36. The first-order chi connectivity index (χ1) is 7.99. The van der Waals surface area contributed by atoms with E-state index < -0.39 is 0 Å². The Morgan fingerprint density at radius 1 is 1.35 bits per heavy atom. The molecule has 0 saturated heterocycles. The summed E-state index contributed by atoms with van der Waals surface area (Å²) in [5.41, 5.74) is 6.29. The van der Waals surface area contributed by atoms with E-state index >= 15 is 0 Å². The van der Waals surface area contributed by atoms with Crippen LogP contribution in [0.2, 0.25) is 0 Å². The van der Waals surface area contributed by atoms with Crippen LogP contribution in [0.4, 0.5) is 5.69 Å². The van der Waals surface area contributed by atoms with Gasteiger partial charge in [-0.25, -0.2) is 0 Å². The number of pyridine rings is 1. The molecule has 0 atom stereocenters. The second-order valence-corrected chi connectivity index (χ2v) is 4.36. The summed E-state index contributed by atoms with van der Waals surface area (Å²) in [6.45, 7) is 5.29. The molecule has 0 spiro atoms.